The van der Waals surface area contributed by atoms with Crippen LogP contribution in [0.2, 0.25) is 0 Å². The van der Waals surface area contributed by atoms with Gasteiger partial charge in [0.05, 0.1) is 6.20 Å². The summed E-state index contributed by atoms with van der Waals surface area (Å²) < 4.78 is 5.80. The van der Waals surface area contributed by atoms with Crippen molar-refractivity contribution >= 4 is 11.8 Å². The number of oxazole rings is 1. The maximum absolute atomic E-state index is 12.5. The summed E-state index contributed by atoms with van der Waals surface area (Å²) in [5, 5.41) is 2.95. The van der Waals surface area contributed by atoms with Gasteiger partial charge in [0, 0.05) is 44.0 Å². The largest absolute Gasteiger partial charge is 0.441 e. The van der Waals surface area contributed by atoms with Crippen molar-refractivity contribution in [3.8, 4) is 11.3 Å². The molecule has 0 bridgehead atoms. The van der Waals surface area contributed by atoms with Crippen molar-refractivity contribution in [1.29, 1.82) is 0 Å². The van der Waals surface area contributed by atoms with Crippen LogP contribution in [0.1, 0.15) is 44.1 Å². The Labute approximate surface area is 166 Å². The van der Waals surface area contributed by atoms with Gasteiger partial charge >= 0.3 is 0 Å². The lowest BCUT2D eigenvalue weighted by atomic mass is 9.95. The SMILES string of the molecule is CCCNC(=O)C1CCN(C(=O)CCc2ncc(-c3ccc(C)cc3)o2)CC1. The predicted octanol–water partition coefficient (Wildman–Crippen LogP) is 3.35. The van der Waals surface area contributed by atoms with Crippen LogP contribution in [0.25, 0.3) is 11.3 Å². The second-order valence-electron chi connectivity index (χ2n) is 7.43. The minimum absolute atomic E-state index is 0.0272. The van der Waals surface area contributed by atoms with Crippen LogP contribution in [0.3, 0.4) is 0 Å². The van der Waals surface area contributed by atoms with Crippen LogP contribution >= 0.6 is 0 Å². The number of hydrogen-bond donors (Lipinski definition) is 1. The van der Waals surface area contributed by atoms with E-state index in [1.807, 2.05) is 43.0 Å². The second-order valence-corrected chi connectivity index (χ2v) is 7.43. The zero-order valence-electron chi connectivity index (χ0n) is 16.7. The highest BCUT2D eigenvalue weighted by Gasteiger charge is 2.27. The van der Waals surface area contributed by atoms with Crippen molar-refractivity contribution < 1.29 is 14.0 Å². The molecule has 0 unspecified atom stereocenters. The number of hydrogen-bond acceptors (Lipinski definition) is 4. The Balaban J connectivity index is 1.45. The van der Waals surface area contributed by atoms with E-state index in [0.717, 1.165) is 37.1 Å². The molecule has 0 atom stereocenters. The van der Waals surface area contributed by atoms with Crippen LogP contribution in [0.15, 0.2) is 34.9 Å². The van der Waals surface area contributed by atoms with Crippen molar-refractivity contribution in [2.24, 2.45) is 5.92 Å². The molecule has 2 aromatic rings. The average molecular weight is 383 g/mol. The van der Waals surface area contributed by atoms with Gasteiger partial charge in [0.25, 0.3) is 0 Å². The van der Waals surface area contributed by atoms with E-state index in [4.69, 9.17) is 4.42 Å². The summed E-state index contributed by atoms with van der Waals surface area (Å²) in [4.78, 5) is 30.7. The van der Waals surface area contributed by atoms with Gasteiger partial charge in [-0.1, -0.05) is 36.8 Å². The zero-order chi connectivity index (χ0) is 19.9. The molecule has 1 aliphatic heterocycles. The molecular formula is C22H29N3O3. The van der Waals surface area contributed by atoms with Gasteiger partial charge in [0.2, 0.25) is 11.8 Å². The van der Waals surface area contributed by atoms with Gasteiger partial charge < -0.3 is 14.6 Å². The molecule has 1 fully saturated rings. The van der Waals surface area contributed by atoms with Crippen molar-refractivity contribution in [3.05, 3.63) is 41.9 Å². The molecule has 1 N–H and O–H groups in total. The Kier molecular flexibility index (Phi) is 6.85. The topological polar surface area (TPSA) is 75.4 Å². The van der Waals surface area contributed by atoms with E-state index in [1.54, 1.807) is 6.20 Å². The summed E-state index contributed by atoms with van der Waals surface area (Å²) in [5.74, 6) is 1.55. The molecule has 3 rings (SSSR count). The van der Waals surface area contributed by atoms with E-state index in [1.165, 1.54) is 5.56 Å². The van der Waals surface area contributed by atoms with E-state index in [2.05, 4.69) is 10.3 Å². The first-order valence-electron chi connectivity index (χ1n) is 10.1. The first-order valence-corrected chi connectivity index (χ1v) is 10.1. The number of nitrogens with one attached hydrogen (secondary N) is 1. The monoisotopic (exact) mass is 383 g/mol. The highest BCUT2D eigenvalue weighted by Crippen LogP contribution is 2.22. The fourth-order valence-electron chi connectivity index (χ4n) is 3.43. The Hall–Kier alpha value is -2.63. The van der Waals surface area contributed by atoms with Crippen molar-refractivity contribution in [1.82, 2.24) is 15.2 Å². The molecule has 6 heteroatoms. The second kappa shape index (κ2) is 9.53. The molecule has 150 valence electrons. The first kappa shape index (κ1) is 20.1. The molecule has 0 aliphatic carbocycles. The summed E-state index contributed by atoms with van der Waals surface area (Å²) >= 11 is 0. The van der Waals surface area contributed by atoms with Crippen LogP contribution in [-0.4, -0.2) is 41.3 Å². The molecule has 2 heterocycles. The maximum Gasteiger partial charge on any atom is 0.223 e. The van der Waals surface area contributed by atoms with Crippen LogP contribution in [-0.2, 0) is 16.0 Å². The number of rotatable bonds is 7. The van der Waals surface area contributed by atoms with E-state index >= 15 is 0 Å². The number of piperidine rings is 1. The van der Waals surface area contributed by atoms with E-state index in [9.17, 15) is 9.59 Å². The molecule has 0 saturated carbocycles. The van der Waals surface area contributed by atoms with E-state index in [0.29, 0.717) is 31.8 Å². The van der Waals surface area contributed by atoms with E-state index < -0.39 is 0 Å². The fourth-order valence-corrected chi connectivity index (χ4v) is 3.43. The van der Waals surface area contributed by atoms with Crippen molar-refractivity contribution in [3.63, 3.8) is 0 Å². The summed E-state index contributed by atoms with van der Waals surface area (Å²) in [5.41, 5.74) is 2.18. The Morgan fingerprint density at radius 1 is 1.21 bits per heavy atom. The third kappa shape index (κ3) is 5.21. The van der Waals surface area contributed by atoms with E-state index in [-0.39, 0.29) is 17.7 Å². The number of aromatic nitrogens is 1. The number of likely N-dealkylation sites (tertiary alicyclic amines) is 1. The minimum atomic E-state index is 0.0272. The Morgan fingerprint density at radius 2 is 1.93 bits per heavy atom. The van der Waals surface area contributed by atoms with Gasteiger partial charge in [-0.05, 0) is 26.2 Å². The van der Waals surface area contributed by atoms with Crippen LogP contribution in [0.4, 0.5) is 0 Å². The quantitative estimate of drug-likeness (QED) is 0.796. The number of carbonyl (C=O) groups excluding carboxylic acids is 2. The molecule has 0 spiro atoms. The fraction of sp³-hybridized carbons (Fsp3) is 0.500. The zero-order valence-corrected chi connectivity index (χ0v) is 16.7. The molecule has 28 heavy (non-hydrogen) atoms. The van der Waals surface area contributed by atoms with Gasteiger partial charge in [-0.3, -0.25) is 9.59 Å². The normalized spacial score (nSPS) is 14.9. The molecule has 1 saturated heterocycles. The number of nitrogens with zero attached hydrogens (tertiary/aromatic N) is 2. The molecule has 6 nitrogen and oxygen atoms in total. The molecule has 1 aromatic carbocycles. The van der Waals surface area contributed by atoms with Crippen LogP contribution in [0.5, 0.6) is 0 Å². The summed E-state index contributed by atoms with van der Waals surface area (Å²) in [6.07, 6.45) is 4.98. The van der Waals surface area contributed by atoms with Gasteiger partial charge in [0.1, 0.15) is 0 Å². The third-order valence-electron chi connectivity index (χ3n) is 5.21. The predicted molar refractivity (Wildman–Crippen MR) is 108 cm³/mol. The number of carbonyl (C=O) groups is 2. The number of aryl methyl sites for hydroxylation is 2. The lowest BCUT2D eigenvalue weighted by Crippen LogP contribution is -2.43. The summed E-state index contributed by atoms with van der Waals surface area (Å²) in [6.45, 7) is 6.09. The van der Waals surface area contributed by atoms with Crippen molar-refractivity contribution in [2.45, 2.75) is 46.0 Å². The van der Waals surface area contributed by atoms with Gasteiger partial charge in [-0.2, -0.15) is 0 Å². The van der Waals surface area contributed by atoms with Crippen LogP contribution in [0, 0.1) is 12.8 Å². The van der Waals surface area contributed by atoms with Gasteiger partial charge in [-0.25, -0.2) is 4.98 Å². The lowest BCUT2D eigenvalue weighted by Gasteiger charge is -2.31. The maximum atomic E-state index is 12.5. The molecular weight excluding hydrogens is 354 g/mol. The highest BCUT2D eigenvalue weighted by atomic mass is 16.4. The Bertz CT molecular complexity index is 790. The molecule has 1 aromatic heterocycles. The summed E-state index contributed by atoms with van der Waals surface area (Å²) in [6, 6.07) is 8.08. The number of amides is 2. The molecule has 1 aliphatic rings. The first-order chi connectivity index (χ1) is 13.6. The van der Waals surface area contributed by atoms with Gasteiger partial charge in [-0.15, -0.1) is 0 Å². The molecule has 2 amide bonds. The van der Waals surface area contributed by atoms with Crippen molar-refractivity contribution in [2.75, 3.05) is 19.6 Å². The smallest absolute Gasteiger partial charge is 0.223 e. The summed E-state index contributed by atoms with van der Waals surface area (Å²) in [7, 11) is 0. The minimum Gasteiger partial charge on any atom is -0.441 e. The van der Waals surface area contributed by atoms with Gasteiger partial charge in [0.15, 0.2) is 11.7 Å². The number of benzene rings is 1. The standard InChI is InChI=1S/C22H29N3O3/c1-3-12-23-22(27)18-10-13-25(14-11-18)21(26)9-8-20-24-15-19(28-20)17-6-4-16(2)5-7-17/h4-7,15,18H,3,8-14H2,1-2H3,(H,23,27). The highest BCUT2D eigenvalue weighted by molar-refractivity contribution is 5.80. The Morgan fingerprint density at radius 3 is 2.61 bits per heavy atom. The third-order valence-corrected chi connectivity index (χ3v) is 5.21. The lowest BCUT2D eigenvalue weighted by molar-refractivity contribution is -0.135. The average Bonchev–Trinajstić information content (AvgIpc) is 3.20. The van der Waals surface area contributed by atoms with Crippen LogP contribution < -0.4 is 5.32 Å². The molecule has 0 radical (unpaired) electrons.